The molecule has 0 radical (unpaired) electrons. The van der Waals surface area contributed by atoms with Crippen LogP contribution in [0.15, 0.2) is 42.9 Å². The maximum atomic E-state index is 10.9. The largest absolute Gasteiger partial charge is 0.484 e. The van der Waals surface area contributed by atoms with Crippen LogP contribution >= 0.6 is 0 Å². The quantitative estimate of drug-likeness (QED) is 0.770. The first-order chi connectivity index (χ1) is 9.74. The van der Waals surface area contributed by atoms with Crippen molar-refractivity contribution in [1.29, 1.82) is 0 Å². The van der Waals surface area contributed by atoms with Crippen molar-refractivity contribution in [2.24, 2.45) is 0 Å². The number of aromatic nitrogens is 4. The molecule has 0 saturated carbocycles. The van der Waals surface area contributed by atoms with Gasteiger partial charge in [-0.25, -0.2) is 4.79 Å². The van der Waals surface area contributed by atoms with Crippen LogP contribution in [-0.4, -0.2) is 30.7 Å². The Hall–Kier alpha value is -2.96. The van der Waals surface area contributed by atoms with Crippen LogP contribution in [0, 0.1) is 0 Å². The summed E-state index contributed by atoms with van der Waals surface area (Å²) in [5, 5.41) is 16.8. The minimum atomic E-state index is -0.997. The molecule has 0 spiro atoms. The van der Waals surface area contributed by atoms with E-state index in [1.165, 1.54) is 12.1 Å². The molecule has 100 valence electrons. The van der Waals surface area contributed by atoms with E-state index in [9.17, 15) is 4.79 Å². The first kappa shape index (κ1) is 12.1. The minimum Gasteiger partial charge on any atom is -0.484 e. The Morgan fingerprint density at radius 2 is 2.25 bits per heavy atom. The van der Waals surface area contributed by atoms with Crippen molar-refractivity contribution in [2.75, 3.05) is 0 Å². The van der Waals surface area contributed by atoms with Crippen LogP contribution in [0.2, 0.25) is 0 Å². The maximum absolute atomic E-state index is 10.9. The van der Waals surface area contributed by atoms with Crippen LogP contribution < -0.4 is 4.74 Å². The van der Waals surface area contributed by atoms with Crippen LogP contribution in [0.1, 0.15) is 16.2 Å². The summed E-state index contributed by atoms with van der Waals surface area (Å²) < 4.78 is 7.22. The monoisotopic (exact) mass is 270 g/mol. The SMILES string of the molecule is O=C(O)c1ccn2c(COc3cccnc3)nnc2c1. The van der Waals surface area contributed by atoms with E-state index in [0.29, 0.717) is 17.2 Å². The summed E-state index contributed by atoms with van der Waals surface area (Å²) in [5.74, 6) is 0.218. The van der Waals surface area contributed by atoms with Crippen LogP contribution in [-0.2, 0) is 6.61 Å². The summed E-state index contributed by atoms with van der Waals surface area (Å²) in [4.78, 5) is 14.8. The molecular formula is C13H10N4O3. The zero-order valence-corrected chi connectivity index (χ0v) is 10.3. The lowest BCUT2D eigenvalue weighted by Crippen LogP contribution is -2.03. The van der Waals surface area contributed by atoms with E-state index >= 15 is 0 Å². The van der Waals surface area contributed by atoms with Gasteiger partial charge in [0.05, 0.1) is 11.8 Å². The highest BCUT2D eigenvalue weighted by Gasteiger charge is 2.09. The Balaban J connectivity index is 1.84. The molecule has 0 aliphatic carbocycles. The molecule has 0 amide bonds. The van der Waals surface area contributed by atoms with Gasteiger partial charge in [-0.15, -0.1) is 10.2 Å². The number of carbonyl (C=O) groups is 1. The third-order valence-electron chi connectivity index (χ3n) is 2.73. The normalized spacial score (nSPS) is 10.6. The lowest BCUT2D eigenvalue weighted by molar-refractivity contribution is 0.0697. The van der Waals surface area contributed by atoms with Crippen LogP contribution in [0.4, 0.5) is 0 Å². The number of rotatable bonds is 4. The molecule has 3 heterocycles. The highest BCUT2D eigenvalue weighted by Crippen LogP contribution is 2.11. The van der Waals surface area contributed by atoms with Crippen molar-refractivity contribution in [1.82, 2.24) is 19.6 Å². The molecule has 7 nitrogen and oxygen atoms in total. The van der Waals surface area contributed by atoms with Gasteiger partial charge < -0.3 is 9.84 Å². The average Bonchev–Trinajstić information content (AvgIpc) is 2.88. The van der Waals surface area contributed by atoms with Gasteiger partial charge in [0.25, 0.3) is 0 Å². The van der Waals surface area contributed by atoms with Gasteiger partial charge >= 0.3 is 5.97 Å². The van der Waals surface area contributed by atoms with E-state index in [-0.39, 0.29) is 12.2 Å². The lowest BCUT2D eigenvalue weighted by atomic mass is 10.3. The van der Waals surface area contributed by atoms with E-state index in [2.05, 4.69) is 15.2 Å². The molecule has 0 aliphatic heterocycles. The maximum Gasteiger partial charge on any atom is 0.335 e. The Morgan fingerprint density at radius 1 is 1.35 bits per heavy atom. The summed E-state index contributed by atoms with van der Waals surface area (Å²) in [6.07, 6.45) is 4.87. The summed E-state index contributed by atoms with van der Waals surface area (Å²) >= 11 is 0. The number of carboxylic acids is 1. The average molecular weight is 270 g/mol. The number of hydrogen-bond acceptors (Lipinski definition) is 5. The molecule has 0 bridgehead atoms. The molecule has 3 aromatic heterocycles. The standard InChI is InChI=1S/C13H10N4O3/c18-13(19)9-3-5-17-11(6-9)15-16-12(17)8-20-10-2-1-4-14-7-10/h1-7H,8H2,(H,18,19). The zero-order chi connectivity index (χ0) is 13.9. The number of pyridine rings is 2. The molecule has 20 heavy (non-hydrogen) atoms. The zero-order valence-electron chi connectivity index (χ0n) is 10.3. The molecule has 0 aromatic carbocycles. The Labute approximate surface area is 113 Å². The number of carboxylic acid groups (broad SMARTS) is 1. The van der Waals surface area contributed by atoms with Gasteiger partial charge in [-0.3, -0.25) is 9.38 Å². The second-order valence-corrected chi connectivity index (χ2v) is 4.04. The topological polar surface area (TPSA) is 89.6 Å². The van der Waals surface area contributed by atoms with Gasteiger partial charge in [0.2, 0.25) is 0 Å². The fourth-order valence-electron chi connectivity index (χ4n) is 1.75. The van der Waals surface area contributed by atoms with Crippen LogP contribution in [0.3, 0.4) is 0 Å². The van der Waals surface area contributed by atoms with Crippen molar-refractivity contribution in [2.45, 2.75) is 6.61 Å². The minimum absolute atomic E-state index is 0.171. The van der Waals surface area contributed by atoms with Crippen LogP contribution in [0.5, 0.6) is 5.75 Å². The summed E-state index contributed by atoms with van der Waals surface area (Å²) in [6.45, 7) is 0.222. The number of nitrogens with zero attached hydrogens (tertiary/aromatic N) is 4. The lowest BCUT2D eigenvalue weighted by Gasteiger charge is -2.04. The first-order valence-electron chi connectivity index (χ1n) is 5.84. The highest BCUT2D eigenvalue weighted by atomic mass is 16.5. The molecule has 3 rings (SSSR count). The van der Waals surface area contributed by atoms with Gasteiger partial charge in [-0.2, -0.15) is 0 Å². The Kier molecular flexibility index (Phi) is 3.00. The number of ether oxygens (including phenoxy) is 1. The van der Waals surface area contributed by atoms with Gasteiger partial charge in [-0.05, 0) is 24.3 Å². The highest BCUT2D eigenvalue weighted by molar-refractivity contribution is 5.88. The molecule has 0 unspecified atom stereocenters. The molecule has 0 aliphatic rings. The molecule has 3 aromatic rings. The summed E-state index contributed by atoms with van der Waals surface area (Å²) in [5.41, 5.74) is 0.638. The third kappa shape index (κ3) is 2.28. The molecule has 0 atom stereocenters. The van der Waals surface area contributed by atoms with E-state index in [1.54, 1.807) is 35.1 Å². The second-order valence-electron chi connectivity index (χ2n) is 4.04. The Morgan fingerprint density at radius 3 is 3.00 bits per heavy atom. The van der Waals surface area contributed by atoms with Crippen molar-refractivity contribution < 1.29 is 14.6 Å². The van der Waals surface area contributed by atoms with Crippen molar-refractivity contribution in [3.63, 3.8) is 0 Å². The van der Waals surface area contributed by atoms with E-state index < -0.39 is 5.97 Å². The Bertz CT molecular complexity index is 755. The number of hydrogen-bond donors (Lipinski definition) is 1. The molecule has 7 heteroatoms. The molecule has 1 N–H and O–H groups in total. The second kappa shape index (κ2) is 4.96. The number of fused-ring (bicyclic) bond motifs is 1. The van der Waals surface area contributed by atoms with Gasteiger partial charge in [-0.1, -0.05) is 0 Å². The van der Waals surface area contributed by atoms with E-state index in [0.717, 1.165) is 0 Å². The summed E-state index contributed by atoms with van der Waals surface area (Å²) in [6, 6.07) is 6.52. The predicted molar refractivity (Wildman–Crippen MR) is 68.5 cm³/mol. The van der Waals surface area contributed by atoms with Gasteiger partial charge in [0.15, 0.2) is 11.5 Å². The van der Waals surface area contributed by atoms with Gasteiger partial charge in [0, 0.05) is 12.4 Å². The van der Waals surface area contributed by atoms with E-state index in [4.69, 9.17) is 9.84 Å². The first-order valence-corrected chi connectivity index (χ1v) is 5.84. The molecular weight excluding hydrogens is 260 g/mol. The molecule has 0 saturated heterocycles. The van der Waals surface area contributed by atoms with Crippen molar-refractivity contribution >= 4 is 11.6 Å². The van der Waals surface area contributed by atoms with Crippen molar-refractivity contribution in [3.8, 4) is 5.75 Å². The fourth-order valence-corrected chi connectivity index (χ4v) is 1.75. The van der Waals surface area contributed by atoms with Gasteiger partial charge in [0.1, 0.15) is 12.4 Å². The van der Waals surface area contributed by atoms with Crippen molar-refractivity contribution in [3.05, 3.63) is 54.2 Å². The van der Waals surface area contributed by atoms with E-state index in [1.807, 2.05) is 0 Å². The van der Waals surface area contributed by atoms with Crippen LogP contribution in [0.25, 0.3) is 5.65 Å². The third-order valence-corrected chi connectivity index (χ3v) is 2.73. The summed E-state index contributed by atoms with van der Waals surface area (Å²) in [7, 11) is 0. The fraction of sp³-hybridized carbons (Fsp3) is 0.0769. The number of aromatic carboxylic acids is 1. The molecule has 0 fully saturated rings. The predicted octanol–water partition coefficient (Wildman–Crippen LogP) is 1.40. The smallest absolute Gasteiger partial charge is 0.335 e.